The SMILES string of the molecule is CC(=O)OC[C@H]1O[C@H](OC2NC=CO2)[C@H](O)[C@@H](OC(C)=O)[C@@H]1OC(C)=O. The van der Waals surface area contributed by atoms with E-state index in [9.17, 15) is 19.5 Å². The number of ether oxygens (including phenoxy) is 6. The standard InChI is InChI=1S/C15H21NO10/c1-7(17)22-6-10-12(23-8(2)18)13(24-9(3)19)11(20)14(25-10)26-15-16-4-5-21-15/h4-5,10-16,20H,6H2,1-3H3/t10-,11-,12-,13-,14-,15?/m1/s1. The third-order valence-corrected chi connectivity index (χ3v) is 3.43. The van der Waals surface area contributed by atoms with Gasteiger partial charge in [0, 0.05) is 27.0 Å². The first kappa shape index (κ1) is 19.9. The van der Waals surface area contributed by atoms with Gasteiger partial charge < -0.3 is 34.1 Å². The molecular formula is C15H21NO10. The fourth-order valence-electron chi connectivity index (χ4n) is 2.46. The van der Waals surface area contributed by atoms with Crippen LogP contribution in [0, 0.1) is 0 Å². The van der Waals surface area contributed by atoms with Crippen LogP contribution in [-0.2, 0) is 42.8 Å². The van der Waals surface area contributed by atoms with E-state index in [0.29, 0.717) is 0 Å². The van der Waals surface area contributed by atoms with Gasteiger partial charge >= 0.3 is 17.9 Å². The Morgan fingerprint density at radius 3 is 2.27 bits per heavy atom. The van der Waals surface area contributed by atoms with Crippen molar-refractivity contribution in [2.24, 2.45) is 0 Å². The lowest BCUT2D eigenvalue weighted by molar-refractivity contribution is -0.334. The third kappa shape index (κ3) is 5.31. The summed E-state index contributed by atoms with van der Waals surface area (Å²) in [5.41, 5.74) is 0. The maximum Gasteiger partial charge on any atom is 0.303 e. The molecule has 0 saturated carbocycles. The summed E-state index contributed by atoms with van der Waals surface area (Å²) >= 11 is 0. The summed E-state index contributed by atoms with van der Waals surface area (Å²) in [4.78, 5) is 34.0. The van der Waals surface area contributed by atoms with Crippen LogP contribution in [0.15, 0.2) is 12.5 Å². The van der Waals surface area contributed by atoms with Crippen LogP contribution in [0.25, 0.3) is 0 Å². The molecule has 0 aliphatic carbocycles. The highest BCUT2D eigenvalue weighted by Crippen LogP contribution is 2.28. The van der Waals surface area contributed by atoms with Crippen LogP contribution in [0.2, 0.25) is 0 Å². The number of hydrogen-bond acceptors (Lipinski definition) is 11. The quantitative estimate of drug-likeness (QED) is 0.431. The highest BCUT2D eigenvalue weighted by Gasteiger charge is 2.51. The summed E-state index contributed by atoms with van der Waals surface area (Å²) < 4.78 is 31.2. The van der Waals surface area contributed by atoms with E-state index in [-0.39, 0.29) is 6.61 Å². The molecule has 1 fully saturated rings. The zero-order chi connectivity index (χ0) is 19.3. The molecule has 0 aromatic rings. The van der Waals surface area contributed by atoms with Gasteiger partial charge in [-0.3, -0.25) is 19.1 Å². The van der Waals surface area contributed by atoms with Crippen molar-refractivity contribution in [1.82, 2.24) is 5.32 Å². The number of nitrogens with one attached hydrogen (secondary N) is 1. The molecule has 0 radical (unpaired) electrons. The van der Waals surface area contributed by atoms with Crippen molar-refractivity contribution < 1.29 is 47.9 Å². The van der Waals surface area contributed by atoms with E-state index < -0.39 is 55.0 Å². The van der Waals surface area contributed by atoms with Gasteiger partial charge in [0.2, 0.25) is 0 Å². The fourth-order valence-corrected chi connectivity index (χ4v) is 2.46. The Hall–Kier alpha value is -2.37. The summed E-state index contributed by atoms with van der Waals surface area (Å²) in [6.45, 7) is 3.16. The molecule has 2 aliphatic rings. The lowest BCUT2D eigenvalue weighted by Crippen LogP contribution is -2.62. The number of carbonyl (C=O) groups excluding carboxylic acids is 3. The van der Waals surface area contributed by atoms with Crippen LogP contribution in [0.5, 0.6) is 0 Å². The van der Waals surface area contributed by atoms with Gasteiger partial charge in [-0.15, -0.1) is 0 Å². The van der Waals surface area contributed by atoms with Crippen molar-refractivity contribution >= 4 is 17.9 Å². The van der Waals surface area contributed by atoms with Gasteiger partial charge in [0.15, 0.2) is 18.5 Å². The monoisotopic (exact) mass is 375 g/mol. The van der Waals surface area contributed by atoms with Crippen molar-refractivity contribution in [2.75, 3.05) is 6.61 Å². The number of rotatable bonds is 6. The lowest BCUT2D eigenvalue weighted by Gasteiger charge is -2.43. The summed E-state index contributed by atoms with van der Waals surface area (Å²) in [7, 11) is 0. The molecule has 11 nitrogen and oxygen atoms in total. The molecule has 6 atom stereocenters. The van der Waals surface area contributed by atoms with Crippen LogP contribution in [0.1, 0.15) is 20.8 Å². The Balaban J connectivity index is 2.20. The lowest BCUT2D eigenvalue weighted by atomic mass is 9.98. The minimum Gasteiger partial charge on any atom is -0.463 e. The molecule has 0 amide bonds. The van der Waals surface area contributed by atoms with Crippen molar-refractivity contribution in [2.45, 2.75) is 57.9 Å². The Kier molecular flexibility index (Phi) is 6.77. The van der Waals surface area contributed by atoms with E-state index in [1.165, 1.54) is 19.4 Å². The van der Waals surface area contributed by atoms with Crippen molar-refractivity contribution in [3.05, 3.63) is 12.5 Å². The van der Waals surface area contributed by atoms with Crippen LogP contribution in [-0.4, -0.2) is 66.7 Å². The zero-order valence-corrected chi connectivity index (χ0v) is 14.4. The topological polar surface area (TPSA) is 139 Å². The first-order chi connectivity index (χ1) is 12.3. The van der Waals surface area contributed by atoms with Gasteiger partial charge in [0.25, 0.3) is 6.41 Å². The van der Waals surface area contributed by atoms with E-state index in [1.54, 1.807) is 0 Å². The second kappa shape index (κ2) is 8.83. The highest BCUT2D eigenvalue weighted by atomic mass is 16.8. The summed E-state index contributed by atoms with van der Waals surface area (Å²) in [6, 6.07) is 0. The molecule has 0 bridgehead atoms. The molecule has 1 unspecified atom stereocenters. The molecule has 11 heteroatoms. The van der Waals surface area contributed by atoms with Gasteiger partial charge in [-0.1, -0.05) is 0 Å². The predicted molar refractivity (Wildman–Crippen MR) is 80.6 cm³/mol. The molecule has 0 spiro atoms. The summed E-state index contributed by atoms with van der Waals surface area (Å²) in [6.07, 6.45) is -4.50. The molecule has 2 aliphatic heterocycles. The molecule has 146 valence electrons. The molecule has 0 aromatic carbocycles. The number of aliphatic hydroxyl groups is 1. The zero-order valence-electron chi connectivity index (χ0n) is 14.4. The van der Waals surface area contributed by atoms with Crippen LogP contribution >= 0.6 is 0 Å². The summed E-state index contributed by atoms with van der Waals surface area (Å²) in [5.74, 6) is -2.00. The number of esters is 3. The number of hydrogen-bond donors (Lipinski definition) is 2. The molecule has 2 heterocycles. The largest absolute Gasteiger partial charge is 0.463 e. The fraction of sp³-hybridized carbons (Fsp3) is 0.667. The van der Waals surface area contributed by atoms with Crippen LogP contribution < -0.4 is 5.32 Å². The first-order valence-corrected chi connectivity index (χ1v) is 7.81. The van der Waals surface area contributed by atoms with Crippen molar-refractivity contribution in [3.63, 3.8) is 0 Å². The molecule has 2 N–H and O–H groups in total. The number of aliphatic hydroxyl groups excluding tert-OH is 1. The highest BCUT2D eigenvalue weighted by molar-refractivity contribution is 5.67. The maximum absolute atomic E-state index is 11.4. The van der Waals surface area contributed by atoms with Gasteiger partial charge in [0.05, 0.1) is 0 Å². The second-order valence-electron chi connectivity index (χ2n) is 5.56. The third-order valence-electron chi connectivity index (χ3n) is 3.43. The Bertz CT molecular complexity index is 557. The summed E-state index contributed by atoms with van der Waals surface area (Å²) in [5, 5.41) is 13.2. The molecule has 0 aromatic heterocycles. The molecule has 26 heavy (non-hydrogen) atoms. The second-order valence-corrected chi connectivity index (χ2v) is 5.56. The average Bonchev–Trinajstić information content (AvgIpc) is 3.04. The van der Waals surface area contributed by atoms with E-state index in [1.807, 2.05) is 0 Å². The Labute approximate surface area is 149 Å². The van der Waals surface area contributed by atoms with E-state index >= 15 is 0 Å². The Morgan fingerprint density at radius 2 is 1.73 bits per heavy atom. The normalized spacial score (nSPS) is 32.9. The first-order valence-electron chi connectivity index (χ1n) is 7.81. The minimum absolute atomic E-state index is 0.311. The Morgan fingerprint density at radius 1 is 1.08 bits per heavy atom. The maximum atomic E-state index is 11.4. The predicted octanol–water partition coefficient (Wildman–Crippen LogP) is -1.11. The van der Waals surface area contributed by atoms with Gasteiger partial charge in [-0.2, -0.15) is 0 Å². The minimum atomic E-state index is -1.50. The molecular weight excluding hydrogens is 354 g/mol. The smallest absolute Gasteiger partial charge is 0.303 e. The van der Waals surface area contributed by atoms with Gasteiger partial charge in [-0.25, -0.2) is 0 Å². The van der Waals surface area contributed by atoms with E-state index in [0.717, 1.165) is 13.8 Å². The van der Waals surface area contributed by atoms with Crippen molar-refractivity contribution in [3.8, 4) is 0 Å². The van der Waals surface area contributed by atoms with Crippen LogP contribution in [0.4, 0.5) is 0 Å². The van der Waals surface area contributed by atoms with Crippen molar-refractivity contribution in [1.29, 1.82) is 0 Å². The van der Waals surface area contributed by atoms with Crippen LogP contribution in [0.3, 0.4) is 0 Å². The van der Waals surface area contributed by atoms with E-state index in [2.05, 4.69) is 5.32 Å². The number of carbonyl (C=O) groups is 3. The average molecular weight is 375 g/mol. The molecule has 1 saturated heterocycles. The van der Waals surface area contributed by atoms with Gasteiger partial charge in [0.1, 0.15) is 25.1 Å². The van der Waals surface area contributed by atoms with Gasteiger partial charge in [-0.05, 0) is 0 Å². The van der Waals surface area contributed by atoms with E-state index in [4.69, 9.17) is 28.4 Å². The molecule has 2 rings (SSSR count).